The van der Waals surface area contributed by atoms with Gasteiger partial charge in [0.2, 0.25) is 0 Å². The third-order valence-corrected chi connectivity index (χ3v) is 7.29. The number of epoxide rings is 1. The summed E-state index contributed by atoms with van der Waals surface area (Å²) in [6, 6.07) is 0. The molecule has 2 fully saturated rings. The zero-order valence-corrected chi connectivity index (χ0v) is 14.8. The summed E-state index contributed by atoms with van der Waals surface area (Å²) < 4.78 is 11.4. The Morgan fingerprint density at radius 1 is 1.24 bits per heavy atom. The van der Waals surface area contributed by atoms with Crippen LogP contribution in [0, 0.1) is 23.2 Å². The van der Waals surface area contributed by atoms with Gasteiger partial charge in [-0.05, 0) is 30.3 Å². The van der Waals surface area contributed by atoms with E-state index >= 15 is 0 Å². The second kappa shape index (κ2) is 4.50. The lowest BCUT2D eigenvalue weighted by atomic mass is 9.50. The van der Waals surface area contributed by atoms with Crippen LogP contribution >= 0.6 is 0 Å². The summed E-state index contributed by atoms with van der Waals surface area (Å²) in [6.45, 7) is 6.42. The fourth-order valence-corrected chi connectivity index (χ4v) is 5.94. The van der Waals surface area contributed by atoms with Gasteiger partial charge >= 0.3 is 5.97 Å². The second-order valence-electron chi connectivity index (χ2n) is 8.69. The molecule has 3 aliphatic carbocycles. The van der Waals surface area contributed by atoms with Crippen LogP contribution in [0.1, 0.15) is 40.0 Å². The predicted octanol–water partition coefficient (Wildman–Crippen LogP) is 2.15. The Hall–Kier alpha value is -1.75. The summed E-state index contributed by atoms with van der Waals surface area (Å²) in [5, 5.41) is 0. The Labute approximate surface area is 146 Å². The number of rotatable bonds is 1. The molecule has 0 aromatic heterocycles. The molecule has 1 saturated heterocycles. The SMILES string of the molecule is CC(C)C1C[C@@H]2O[C@]23C(=CCC2C4=C(C(=O)C[C@@]23C)C(=O)OC4)C1=O. The van der Waals surface area contributed by atoms with Crippen LogP contribution in [0.15, 0.2) is 22.8 Å². The van der Waals surface area contributed by atoms with Crippen LogP contribution in [0.5, 0.6) is 0 Å². The minimum atomic E-state index is -0.641. The van der Waals surface area contributed by atoms with Crippen molar-refractivity contribution in [1.82, 2.24) is 0 Å². The molecule has 1 saturated carbocycles. The van der Waals surface area contributed by atoms with E-state index in [1.54, 1.807) is 0 Å². The van der Waals surface area contributed by atoms with Crippen molar-refractivity contribution in [2.75, 3.05) is 6.61 Å². The van der Waals surface area contributed by atoms with E-state index in [0.29, 0.717) is 6.42 Å². The highest BCUT2D eigenvalue weighted by Crippen LogP contribution is 2.69. The van der Waals surface area contributed by atoms with Gasteiger partial charge in [-0.1, -0.05) is 26.8 Å². The third-order valence-electron chi connectivity index (χ3n) is 7.29. The molecule has 1 spiro atoms. The van der Waals surface area contributed by atoms with Crippen LogP contribution in [0.4, 0.5) is 0 Å². The Balaban J connectivity index is 1.64. The summed E-state index contributed by atoms with van der Waals surface area (Å²) in [6.07, 6.45) is 3.67. The number of Topliss-reactive ketones (excluding diaryl/α,β-unsaturated/α-hetero) is 2. The summed E-state index contributed by atoms with van der Waals surface area (Å²) in [5.41, 5.74) is 0.751. The molecule has 25 heavy (non-hydrogen) atoms. The number of ether oxygens (including phenoxy) is 2. The van der Waals surface area contributed by atoms with Crippen molar-refractivity contribution in [1.29, 1.82) is 0 Å². The van der Waals surface area contributed by atoms with Crippen LogP contribution in [-0.2, 0) is 23.9 Å². The molecule has 5 atom stereocenters. The Kier molecular flexibility index (Phi) is 2.79. The van der Waals surface area contributed by atoms with E-state index in [0.717, 1.165) is 17.6 Å². The largest absolute Gasteiger partial charge is 0.457 e. The monoisotopic (exact) mass is 342 g/mol. The Morgan fingerprint density at radius 3 is 2.72 bits per heavy atom. The van der Waals surface area contributed by atoms with Crippen molar-refractivity contribution < 1.29 is 23.9 Å². The van der Waals surface area contributed by atoms with Crippen LogP contribution < -0.4 is 0 Å². The fourth-order valence-electron chi connectivity index (χ4n) is 5.94. The Bertz CT molecular complexity index is 803. The lowest BCUT2D eigenvalue weighted by Crippen LogP contribution is -2.55. The number of hydrogen-bond acceptors (Lipinski definition) is 5. The van der Waals surface area contributed by atoms with Crippen molar-refractivity contribution in [2.45, 2.75) is 51.7 Å². The molecule has 132 valence electrons. The van der Waals surface area contributed by atoms with Crippen molar-refractivity contribution in [2.24, 2.45) is 23.2 Å². The summed E-state index contributed by atoms with van der Waals surface area (Å²) in [4.78, 5) is 37.7. The highest BCUT2D eigenvalue weighted by atomic mass is 16.6. The van der Waals surface area contributed by atoms with E-state index in [1.807, 2.05) is 6.08 Å². The van der Waals surface area contributed by atoms with E-state index in [4.69, 9.17) is 9.47 Å². The van der Waals surface area contributed by atoms with Crippen molar-refractivity contribution >= 4 is 17.5 Å². The molecule has 0 aromatic rings. The van der Waals surface area contributed by atoms with Gasteiger partial charge in [0.1, 0.15) is 17.8 Å². The van der Waals surface area contributed by atoms with Gasteiger partial charge in [0.05, 0.1) is 6.10 Å². The lowest BCUT2D eigenvalue weighted by molar-refractivity contribution is -0.137. The zero-order chi connectivity index (χ0) is 17.7. The average molecular weight is 342 g/mol. The second-order valence-corrected chi connectivity index (χ2v) is 8.69. The molecule has 5 aliphatic rings. The summed E-state index contributed by atoms with van der Waals surface area (Å²) in [5.74, 6) is -0.137. The molecule has 0 radical (unpaired) electrons. The van der Waals surface area contributed by atoms with Crippen LogP contribution in [-0.4, -0.2) is 35.8 Å². The van der Waals surface area contributed by atoms with Gasteiger partial charge in [0.15, 0.2) is 11.6 Å². The van der Waals surface area contributed by atoms with Crippen LogP contribution in [0.2, 0.25) is 0 Å². The van der Waals surface area contributed by atoms with Gasteiger partial charge in [-0.2, -0.15) is 0 Å². The van der Waals surface area contributed by atoms with Crippen molar-refractivity contribution in [3.63, 3.8) is 0 Å². The highest BCUT2D eigenvalue weighted by Gasteiger charge is 2.77. The number of carbonyl (C=O) groups is 3. The number of fused-ring (bicyclic) bond motifs is 2. The Morgan fingerprint density at radius 2 is 2.00 bits per heavy atom. The summed E-state index contributed by atoms with van der Waals surface area (Å²) in [7, 11) is 0. The van der Waals surface area contributed by atoms with Crippen LogP contribution in [0.3, 0.4) is 0 Å². The number of esters is 1. The highest BCUT2D eigenvalue weighted by molar-refractivity contribution is 6.20. The van der Waals surface area contributed by atoms with Gasteiger partial charge in [-0.15, -0.1) is 0 Å². The molecule has 2 heterocycles. The first-order valence-corrected chi connectivity index (χ1v) is 9.17. The topological polar surface area (TPSA) is 73.0 Å². The quantitative estimate of drug-likeness (QED) is 0.415. The fraction of sp³-hybridized carbons (Fsp3) is 0.650. The molecule has 5 heteroatoms. The maximum Gasteiger partial charge on any atom is 0.342 e. The number of ketones is 2. The van der Waals surface area contributed by atoms with E-state index in [2.05, 4.69) is 20.8 Å². The van der Waals surface area contributed by atoms with Crippen LogP contribution in [0.25, 0.3) is 0 Å². The number of hydrogen-bond donors (Lipinski definition) is 0. The maximum atomic E-state index is 13.1. The third kappa shape index (κ3) is 1.61. The zero-order valence-electron chi connectivity index (χ0n) is 14.8. The molecule has 0 N–H and O–H groups in total. The molecule has 5 nitrogen and oxygen atoms in total. The number of allylic oxidation sites excluding steroid dienone is 1. The normalized spacial score (nSPS) is 44.7. The predicted molar refractivity (Wildman–Crippen MR) is 87.5 cm³/mol. The molecule has 2 unspecified atom stereocenters. The first-order chi connectivity index (χ1) is 11.8. The first kappa shape index (κ1) is 15.5. The molecular formula is C20H22O5. The standard InChI is InChI=1S/C20H22O5/c1-9(2)10-6-15-20(25-15)13(17(10)22)5-4-12-11-8-24-18(23)16(11)14(21)7-19(12,20)3/h5,9-10,12,15H,4,6-8H2,1-3H3/t10?,12?,15-,19-,20+/m0/s1. The molecular weight excluding hydrogens is 320 g/mol. The van der Waals surface area contributed by atoms with E-state index in [9.17, 15) is 14.4 Å². The maximum absolute atomic E-state index is 13.1. The number of cyclic esters (lactones) is 1. The van der Waals surface area contributed by atoms with Gasteiger partial charge in [-0.25, -0.2) is 4.79 Å². The van der Waals surface area contributed by atoms with Crippen molar-refractivity contribution in [3.05, 3.63) is 22.8 Å². The van der Waals surface area contributed by atoms with Crippen molar-refractivity contribution in [3.8, 4) is 0 Å². The lowest BCUT2D eigenvalue weighted by Gasteiger charge is -2.50. The summed E-state index contributed by atoms with van der Waals surface area (Å²) >= 11 is 0. The molecule has 0 amide bonds. The van der Waals surface area contributed by atoms with Gasteiger partial charge in [0, 0.05) is 23.3 Å². The molecule has 2 aliphatic heterocycles. The van der Waals surface area contributed by atoms with E-state index < -0.39 is 17.0 Å². The van der Waals surface area contributed by atoms with Gasteiger partial charge in [0.25, 0.3) is 0 Å². The molecule has 0 bridgehead atoms. The first-order valence-electron chi connectivity index (χ1n) is 9.17. The van der Waals surface area contributed by atoms with Gasteiger partial charge in [-0.3, -0.25) is 9.59 Å². The minimum Gasteiger partial charge on any atom is -0.457 e. The molecule has 0 aromatic carbocycles. The van der Waals surface area contributed by atoms with E-state index in [1.165, 1.54) is 0 Å². The number of carbonyl (C=O) groups excluding carboxylic acids is 3. The molecule has 5 rings (SSSR count). The average Bonchev–Trinajstić information content (AvgIpc) is 3.15. The van der Waals surface area contributed by atoms with Gasteiger partial charge < -0.3 is 9.47 Å². The smallest absolute Gasteiger partial charge is 0.342 e. The van der Waals surface area contributed by atoms with E-state index in [-0.39, 0.29) is 54.0 Å². The minimum absolute atomic E-state index is 0.00233.